The third-order valence-electron chi connectivity index (χ3n) is 13.5. The number of aromatic nitrogens is 6. The minimum atomic E-state index is -5.14. The number of nitrogens with zero attached hydrogens (tertiary/aromatic N) is 14. The Bertz CT molecular complexity index is 5820. The standard InChI is InChI=1S/C52H36Cl6N18O20S6/c1-21-43(45(77)75(73-21)35-17-31(55)41(19-29(35)53)101(91,92)93)71-69-33-13-25(9-11-37(33)97(79,80)81)59-49-63-47(57)65-51(67-49)61-27-7-5-23(39(15-27)99(85,86)87)3-4-24-6-8-28(16-40(24)100(88,89)90)62-52-66-48(58)64-50(68-52)60-26-10-12-38(98(82,83)84)34(14-26)70-72-44-22(2)74-76(46(44)78)36-18-32(56)42(20-30(36)54)102(94,95)96/h3-20,43-44H,1-2H3,(H,79,80,81)(H,82,83,84)(H,85,86,87)(H,88,89,90)(H,91,92,93)(H,94,95,96)(H2,59,61,63,65,67)(H2,60,62,64,66,68)/b4-3+,71-69?,72-70?. The van der Waals surface area contributed by atoms with Crippen LogP contribution in [-0.4, -0.2) is 143 Å². The number of hydrogen-bond donors (Lipinski definition) is 10. The molecular weight excluding hydrogens is 1600 g/mol. The Kier molecular flexibility index (Phi) is 21.2. The van der Waals surface area contributed by atoms with E-state index in [2.05, 4.69) is 80.5 Å². The first-order valence-corrected chi connectivity index (χ1v) is 37.9. The van der Waals surface area contributed by atoms with Gasteiger partial charge in [-0.25, -0.2) is 20.0 Å². The van der Waals surface area contributed by atoms with E-state index < -0.39 is 146 Å². The molecule has 8 aromatic rings. The van der Waals surface area contributed by atoms with Gasteiger partial charge in [0.2, 0.25) is 33.0 Å². The van der Waals surface area contributed by atoms with Crippen LogP contribution in [0.25, 0.3) is 12.2 Å². The van der Waals surface area contributed by atoms with Gasteiger partial charge >= 0.3 is 0 Å². The van der Waals surface area contributed by atoms with Crippen LogP contribution in [-0.2, 0) is 70.3 Å². The third kappa shape index (κ3) is 17.4. The number of carbonyl (C=O) groups excluding carboxylic acids is 2. The number of nitrogens with one attached hydrogen (secondary N) is 4. The number of rotatable bonds is 18. The lowest BCUT2D eigenvalue weighted by Gasteiger charge is -2.15. The molecule has 6 aromatic carbocycles. The molecule has 2 aliphatic heterocycles. The van der Waals surface area contributed by atoms with Crippen LogP contribution in [0.5, 0.6) is 0 Å². The zero-order valence-corrected chi connectivity index (χ0v) is 59.4. The molecule has 0 bridgehead atoms. The Balaban J connectivity index is 0.899. The van der Waals surface area contributed by atoms with Gasteiger partial charge in [-0.2, -0.15) is 101 Å². The summed E-state index contributed by atoms with van der Waals surface area (Å²) in [7, 11) is -30.0. The molecule has 4 heterocycles. The van der Waals surface area contributed by atoms with Crippen molar-refractivity contribution in [3.8, 4) is 0 Å². The smallest absolute Gasteiger partial charge is 0.296 e. The molecule has 0 spiro atoms. The number of carbonyl (C=O) groups is 2. The van der Waals surface area contributed by atoms with E-state index in [-0.39, 0.29) is 89.2 Å². The first-order chi connectivity index (χ1) is 47.4. The van der Waals surface area contributed by atoms with Crippen LogP contribution in [0.1, 0.15) is 25.0 Å². The third-order valence-corrected chi connectivity index (χ3v) is 20.7. The monoisotopic (exact) mass is 1630 g/mol. The maximum absolute atomic E-state index is 13.5. The first kappa shape index (κ1) is 75.6. The summed E-state index contributed by atoms with van der Waals surface area (Å²) in [5, 5.41) is 22.6. The summed E-state index contributed by atoms with van der Waals surface area (Å²) in [5.74, 6) is -1.87. The second-order valence-corrected chi connectivity index (χ2v) is 31.2. The van der Waals surface area contributed by atoms with E-state index in [0.29, 0.717) is 10.0 Å². The summed E-state index contributed by atoms with van der Waals surface area (Å²) in [6, 6.07) is 12.8. The average molecular weight is 1640 g/mol. The lowest BCUT2D eigenvalue weighted by Crippen LogP contribution is -2.30. The predicted octanol–water partition coefficient (Wildman–Crippen LogP) is 8.04. The minimum absolute atomic E-state index is 0.0319. The first-order valence-electron chi connectivity index (χ1n) is 27.0. The fraction of sp³-hybridized carbons (Fsp3) is 0.0769. The summed E-state index contributed by atoms with van der Waals surface area (Å²) < 4.78 is 208. The number of aromatic amines is 4. The summed E-state index contributed by atoms with van der Waals surface area (Å²) in [6.07, 6.45) is 2.12. The Morgan fingerprint density at radius 3 is 1.06 bits per heavy atom. The largest absolute Gasteiger partial charge is 0.300 e. The van der Waals surface area contributed by atoms with Crippen molar-refractivity contribution in [2.45, 2.75) is 55.3 Å². The fourth-order valence-electron chi connectivity index (χ4n) is 9.04. The molecule has 2 unspecified atom stereocenters. The molecule has 50 heteroatoms. The van der Waals surface area contributed by atoms with Crippen LogP contribution in [0.2, 0.25) is 30.7 Å². The Hall–Kier alpha value is -9.04. The normalized spacial score (nSPS) is 16.6. The van der Waals surface area contributed by atoms with Gasteiger partial charge in [0.15, 0.2) is 12.1 Å². The SMILES string of the molecule is CC1=NN(c2cc(Cl)c(S(=O)(=O)O)cc2Cl)C(=O)C1N=Nc1cc(N=c2nc(Cl)[nH]c(=Nc3ccc(/C=C/c4ccc(N=c5[nH]c(Cl)nc(=Nc6ccc(S(=O)(=O)O)c(N=NC7C(=O)N(c8cc(Cl)c(S(=O)(=O)O)cc8Cl)N=C7C)c6)[nH]5)cc4S(=O)(=O)O)c(S(=O)(=O)O)c3)[nH]2)ccc1S(=O)(=O)O. The number of azo groups is 2. The lowest BCUT2D eigenvalue weighted by molar-refractivity contribution is -0.118. The quantitative estimate of drug-likeness (QED) is 0.0220. The Morgan fingerprint density at radius 1 is 0.402 bits per heavy atom. The van der Waals surface area contributed by atoms with Gasteiger partial charge < -0.3 is 9.97 Å². The summed E-state index contributed by atoms with van der Waals surface area (Å²) in [5.41, 5.74) is -4.16. The van der Waals surface area contributed by atoms with E-state index in [4.69, 9.17) is 69.6 Å². The Morgan fingerprint density at radius 2 is 0.725 bits per heavy atom. The van der Waals surface area contributed by atoms with Gasteiger partial charge in [0.1, 0.15) is 40.7 Å². The molecule has 0 radical (unpaired) electrons. The number of H-pyrrole nitrogens is 4. The van der Waals surface area contributed by atoms with E-state index in [1.807, 2.05) is 0 Å². The molecule has 10 N–H and O–H groups in total. The maximum Gasteiger partial charge on any atom is 0.296 e. The van der Waals surface area contributed by atoms with Crippen LogP contribution in [0.3, 0.4) is 0 Å². The zero-order chi connectivity index (χ0) is 74.7. The van der Waals surface area contributed by atoms with E-state index in [9.17, 15) is 87.4 Å². The van der Waals surface area contributed by atoms with Gasteiger partial charge in [0.05, 0.1) is 65.6 Å². The average Bonchev–Trinajstić information content (AvgIpc) is 1.58. The Labute approximate surface area is 601 Å². The van der Waals surface area contributed by atoms with Gasteiger partial charge in [0, 0.05) is 0 Å². The van der Waals surface area contributed by atoms with Gasteiger partial charge in [-0.3, -0.25) is 46.9 Å². The van der Waals surface area contributed by atoms with E-state index >= 15 is 0 Å². The van der Waals surface area contributed by atoms with Gasteiger partial charge in [-0.05, 0) is 133 Å². The van der Waals surface area contributed by atoms with Crippen LogP contribution in [0, 0.1) is 0 Å². The number of hydrazone groups is 2. The van der Waals surface area contributed by atoms with Gasteiger partial charge in [-0.1, -0.05) is 70.7 Å². The fourth-order valence-corrected chi connectivity index (χ4v) is 14.7. The van der Waals surface area contributed by atoms with Crippen molar-refractivity contribution in [2.75, 3.05) is 10.0 Å². The van der Waals surface area contributed by atoms with Crippen molar-refractivity contribution in [1.29, 1.82) is 0 Å². The molecule has 0 fully saturated rings. The van der Waals surface area contributed by atoms with Crippen molar-refractivity contribution in [1.82, 2.24) is 29.9 Å². The van der Waals surface area contributed by atoms with Crippen LogP contribution < -0.4 is 32.5 Å². The van der Waals surface area contributed by atoms with Crippen LogP contribution >= 0.6 is 69.6 Å². The highest BCUT2D eigenvalue weighted by atomic mass is 35.5. The molecule has 2 amide bonds. The molecule has 102 heavy (non-hydrogen) atoms. The highest BCUT2D eigenvalue weighted by Gasteiger charge is 2.39. The number of halogens is 6. The number of benzene rings is 6. The van der Waals surface area contributed by atoms with Crippen LogP contribution in [0.4, 0.5) is 45.5 Å². The van der Waals surface area contributed by atoms with Crippen molar-refractivity contribution >= 4 is 211 Å². The molecule has 10 rings (SSSR count). The van der Waals surface area contributed by atoms with Crippen molar-refractivity contribution in [2.24, 2.45) is 50.6 Å². The predicted molar refractivity (Wildman–Crippen MR) is 361 cm³/mol. The second-order valence-electron chi connectivity index (χ2n) is 20.5. The lowest BCUT2D eigenvalue weighted by atomic mass is 10.1. The van der Waals surface area contributed by atoms with Gasteiger partial charge in [-0.15, -0.1) is 0 Å². The van der Waals surface area contributed by atoms with E-state index in [0.717, 1.165) is 97.1 Å². The molecule has 0 saturated carbocycles. The van der Waals surface area contributed by atoms with Crippen LogP contribution in [0.15, 0.2) is 177 Å². The second kappa shape index (κ2) is 28.7. The molecule has 38 nitrogen and oxygen atoms in total. The van der Waals surface area contributed by atoms with E-state index in [1.165, 1.54) is 26.0 Å². The summed E-state index contributed by atoms with van der Waals surface area (Å²) in [6.45, 7) is 2.67. The highest BCUT2D eigenvalue weighted by molar-refractivity contribution is 7.87. The molecule has 2 aliphatic rings. The zero-order valence-electron chi connectivity index (χ0n) is 49.9. The summed E-state index contributed by atoms with van der Waals surface area (Å²) >= 11 is 37.0. The van der Waals surface area contributed by atoms with Crippen molar-refractivity contribution < 1.29 is 87.4 Å². The molecule has 0 saturated heterocycles. The molecule has 2 atom stereocenters. The number of hydrogen-bond acceptors (Lipinski definition) is 26. The van der Waals surface area contributed by atoms with E-state index in [1.54, 1.807) is 0 Å². The van der Waals surface area contributed by atoms with Crippen molar-refractivity contribution in [3.63, 3.8) is 0 Å². The maximum atomic E-state index is 13.5. The molecular formula is C52H36Cl6N18O20S6. The number of anilines is 2. The minimum Gasteiger partial charge on any atom is -0.300 e. The van der Waals surface area contributed by atoms with Crippen molar-refractivity contribution in [3.05, 3.63) is 161 Å². The summed E-state index contributed by atoms with van der Waals surface area (Å²) in [4.78, 5) is 57.8. The topological polar surface area (TPSA) is 579 Å². The number of amides is 2. The van der Waals surface area contributed by atoms with Gasteiger partial charge in [0.25, 0.3) is 72.5 Å². The molecule has 2 aromatic heterocycles. The molecule has 0 aliphatic carbocycles. The molecule has 532 valence electrons. The highest BCUT2D eigenvalue weighted by Crippen LogP contribution is 2.40.